The zero-order chi connectivity index (χ0) is 14.0. The smallest absolute Gasteiger partial charge is 0.340 e. The van der Waals surface area contributed by atoms with Crippen molar-refractivity contribution in [2.75, 3.05) is 0 Å². The van der Waals surface area contributed by atoms with Crippen molar-refractivity contribution in [1.29, 1.82) is 5.26 Å². The Bertz CT molecular complexity index is 686. The number of aromatic carboxylic acids is 1. The molecular weight excluding hydrogens is 266 g/mol. The van der Waals surface area contributed by atoms with Crippen LogP contribution in [-0.4, -0.2) is 20.9 Å². The number of rotatable bonds is 3. The minimum Gasteiger partial charge on any atom is -0.478 e. The molecule has 0 saturated heterocycles. The maximum Gasteiger partial charge on any atom is 0.340 e. The number of hydrogen-bond acceptors (Lipinski definition) is 3. The minimum atomic E-state index is -1.11. The summed E-state index contributed by atoms with van der Waals surface area (Å²) in [6.07, 6.45) is 0.465. The van der Waals surface area contributed by atoms with Crippen molar-refractivity contribution in [1.82, 2.24) is 9.78 Å². The summed E-state index contributed by atoms with van der Waals surface area (Å²) in [7, 11) is 0. The van der Waals surface area contributed by atoms with Gasteiger partial charge in [0, 0.05) is 0 Å². The van der Waals surface area contributed by atoms with Crippen LogP contribution in [0.2, 0.25) is 5.15 Å². The second-order valence-electron chi connectivity index (χ2n) is 3.85. The molecule has 2 rings (SSSR count). The van der Waals surface area contributed by atoms with Gasteiger partial charge in [-0.15, -0.1) is 0 Å². The number of carboxylic acids is 1. The summed E-state index contributed by atoms with van der Waals surface area (Å²) in [5, 5.41) is 22.2. The summed E-state index contributed by atoms with van der Waals surface area (Å²) < 4.78 is 1.34. The molecule has 0 amide bonds. The lowest BCUT2D eigenvalue weighted by Gasteiger charge is -2.03. The van der Waals surface area contributed by atoms with Crippen molar-refractivity contribution in [2.24, 2.45) is 0 Å². The van der Waals surface area contributed by atoms with E-state index in [1.165, 1.54) is 4.68 Å². The number of halogens is 1. The van der Waals surface area contributed by atoms with Crippen LogP contribution >= 0.6 is 11.6 Å². The highest BCUT2D eigenvalue weighted by atomic mass is 35.5. The van der Waals surface area contributed by atoms with Gasteiger partial charge in [0.25, 0.3) is 0 Å². The van der Waals surface area contributed by atoms with Gasteiger partial charge in [0.2, 0.25) is 0 Å². The number of nitriles is 1. The fourth-order valence-corrected chi connectivity index (χ4v) is 2.10. The third-order valence-electron chi connectivity index (χ3n) is 2.67. The molecule has 0 fully saturated rings. The van der Waals surface area contributed by atoms with Crippen LogP contribution in [0.5, 0.6) is 0 Å². The normalized spacial score (nSPS) is 10.2. The van der Waals surface area contributed by atoms with E-state index in [0.717, 1.165) is 0 Å². The molecule has 2 aromatic rings. The summed E-state index contributed by atoms with van der Waals surface area (Å²) in [6, 6.07) is 8.67. The molecule has 19 heavy (non-hydrogen) atoms. The van der Waals surface area contributed by atoms with E-state index >= 15 is 0 Å². The molecule has 0 unspecified atom stereocenters. The first-order valence-electron chi connectivity index (χ1n) is 5.59. The van der Waals surface area contributed by atoms with Gasteiger partial charge in [-0.1, -0.05) is 24.6 Å². The third kappa shape index (κ3) is 2.30. The maximum absolute atomic E-state index is 11.2. The van der Waals surface area contributed by atoms with Gasteiger partial charge < -0.3 is 5.11 Å². The lowest BCUT2D eigenvalue weighted by molar-refractivity contribution is 0.0696. The van der Waals surface area contributed by atoms with Gasteiger partial charge in [-0.2, -0.15) is 10.4 Å². The van der Waals surface area contributed by atoms with Crippen LogP contribution in [0.4, 0.5) is 0 Å². The van der Waals surface area contributed by atoms with Crippen molar-refractivity contribution in [3.05, 3.63) is 46.2 Å². The van der Waals surface area contributed by atoms with Crippen molar-refractivity contribution in [2.45, 2.75) is 13.3 Å². The van der Waals surface area contributed by atoms with Crippen LogP contribution in [0.15, 0.2) is 24.3 Å². The van der Waals surface area contributed by atoms with Crippen LogP contribution in [0.3, 0.4) is 0 Å². The first kappa shape index (κ1) is 13.1. The Balaban J connectivity index is 2.63. The van der Waals surface area contributed by atoms with E-state index in [1.54, 1.807) is 31.2 Å². The average Bonchev–Trinajstić information content (AvgIpc) is 2.75. The Morgan fingerprint density at radius 2 is 2.32 bits per heavy atom. The molecule has 6 heteroatoms. The van der Waals surface area contributed by atoms with Crippen LogP contribution in [0.25, 0.3) is 5.69 Å². The van der Waals surface area contributed by atoms with E-state index in [4.69, 9.17) is 22.0 Å². The molecule has 0 saturated carbocycles. The van der Waals surface area contributed by atoms with Gasteiger partial charge in [-0.05, 0) is 24.6 Å². The fraction of sp³-hybridized carbons (Fsp3) is 0.154. The zero-order valence-corrected chi connectivity index (χ0v) is 10.8. The average molecular weight is 276 g/mol. The van der Waals surface area contributed by atoms with Gasteiger partial charge in [0.1, 0.15) is 10.7 Å². The molecule has 0 atom stereocenters. The molecule has 1 N–H and O–H groups in total. The largest absolute Gasteiger partial charge is 0.478 e. The van der Waals surface area contributed by atoms with Gasteiger partial charge in [-0.25, -0.2) is 9.48 Å². The number of carbonyl (C=O) groups is 1. The molecule has 0 bridgehead atoms. The highest BCUT2D eigenvalue weighted by Crippen LogP contribution is 2.24. The highest BCUT2D eigenvalue weighted by molar-refractivity contribution is 6.32. The second kappa shape index (κ2) is 5.12. The zero-order valence-electron chi connectivity index (χ0n) is 10.1. The number of aryl methyl sites for hydroxylation is 1. The number of carboxylic acid groups (broad SMARTS) is 1. The molecule has 0 radical (unpaired) electrons. The van der Waals surface area contributed by atoms with Gasteiger partial charge >= 0.3 is 5.97 Å². The van der Waals surface area contributed by atoms with Gasteiger partial charge in [0.15, 0.2) is 0 Å². The van der Waals surface area contributed by atoms with E-state index in [-0.39, 0.29) is 10.7 Å². The molecule has 0 spiro atoms. The highest BCUT2D eigenvalue weighted by Gasteiger charge is 2.21. The Labute approximate surface area is 114 Å². The molecule has 0 aliphatic carbocycles. The Hall–Kier alpha value is -2.32. The van der Waals surface area contributed by atoms with E-state index in [0.29, 0.717) is 23.4 Å². The first-order chi connectivity index (χ1) is 9.08. The SMILES string of the molecule is CCc1nn(-c2cccc(C#N)c2)c(Cl)c1C(=O)O. The molecular formula is C13H10ClN3O2. The van der Waals surface area contributed by atoms with E-state index in [2.05, 4.69) is 5.10 Å². The van der Waals surface area contributed by atoms with Crippen molar-refractivity contribution in [3.8, 4) is 11.8 Å². The monoisotopic (exact) mass is 275 g/mol. The Kier molecular flexibility index (Phi) is 3.54. The minimum absolute atomic E-state index is 0.00604. The molecule has 0 aliphatic rings. The second-order valence-corrected chi connectivity index (χ2v) is 4.20. The van der Waals surface area contributed by atoms with E-state index < -0.39 is 5.97 Å². The molecule has 1 aromatic carbocycles. The topological polar surface area (TPSA) is 78.9 Å². The lowest BCUT2D eigenvalue weighted by Crippen LogP contribution is -2.00. The van der Waals surface area contributed by atoms with Gasteiger partial charge in [0.05, 0.1) is 23.0 Å². The molecule has 96 valence electrons. The van der Waals surface area contributed by atoms with Crippen LogP contribution in [0.1, 0.15) is 28.5 Å². The van der Waals surface area contributed by atoms with Crippen molar-refractivity contribution < 1.29 is 9.90 Å². The number of benzene rings is 1. The summed E-state index contributed by atoms with van der Waals surface area (Å²) in [5.41, 5.74) is 1.44. The molecule has 5 nitrogen and oxygen atoms in total. The maximum atomic E-state index is 11.2. The van der Waals surface area contributed by atoms with Crippen LogP contribution < -0.4 is 0 Å². The predicted molar refractivity (Wildman–Crippen MR) is 69.6 cm³/mol. The van der Waals surface area contributed by atoms with Crippen LogP contribution in [-0.2, 0) is 6.42 Å². The Morgan fingerprint density at radius 1 is 1.58 bits per heavy atom. The van der Waals surface area contributed by atoms with Crippen LogP contribution in [0, 0.1) is 11.3 Å². The quantitative estimate of drug-likeness (QED) is 0.934. The molecule has 0 aliphatic heterocycles. The summed E-state index contributed by atoms with van der Waals surface area (Å²) >= 11 is 6.07. The van der Waals surface area contributed by atoms with E-state index in [9.17, 15) is 4.79 Å². The fourth-order valence-electron chi connectivity index (χ4n) is 1.78. The molecule has 1 aromatic heterocycles. The van der Waals surface area contributed by atoms with E-state index in [1.807, 2.05) is 6.07 Å². The van der Waals surface area contributed by atoms with Gasteiger partial charge in [-0.3, -0.25) is 0 Å². The standard InChI is InChI=1S/C13H10ClN3O2/c1-2-10-11(13(18)19)12(14)17(16-10)9-5-3-4-8(6-9)7-15/h3-6H,2H2,1H3,(H,18,19). The summed E-state index contributed by atoms with van der Waals surface area (Å²) in [6.45, 7) is 1.81. The molecule has 1 heterocycles. The predicted octanol–water partition coefficient (Wildman–Crippen LogP) is 2.66. The van der Waals surface area contributed by atoms with Crippen molar-refractivity contribution >= 4 is 17.6 Å². The number of hydrogen-bond donors (Lipinski definition) is 1. The lowest BCUT2D eigenvalue weighted by atomic mass is 10.2. The number of nitrogens with zero attached hydrogens (tertiary/aromatic N) is 3. The third-order valence-corrected chi connectivity index (χ3v) is 3.02. The number of aromatic nitrogens is 2. The first-order valence-corrected chi connectivity index (χ1v) is 5.97. The Morgan fingerprint density at radius 3 is 2.84 bits per heavy atom. The summed E-state index contributed by atoms with van der Waals surface area (Å²) in [4.78, 5) is 11.2. The summed E-state index contributed by atoms with van der Waals surface area (Å²) in [5.74, 6) is -1.11. The van der Waals surface area contributed by atoms with Crippen molar-refractivity contribution in [3.63, 3.8) is 0 Å².